The first kappa shape index (κ1) is 110. The molecular formula is C112H133F12N9O11. The molecular weight excluding hydrogens is 1880 g/mol. The fourth-order valence-corrected chi connectivity index (χ4v) is 19.9. The molecule has 8 aromatic rings. The highest BCUT2D eigenvalue weighted by Crippen LogP contribution is 2.62. The van der Waals surface area contributed by atoms with Crippen molar-refractivity contribution in [2.24, 2.45) is 23.2 Å². The van der Waals surface area contributed by atoms with Crippen molar-refractivity contribution in [2.45, 2.75) is 221 Å². The van der Waals surface area contributed by atoms with Gasteiger partial charge in [0, 0.05) is 87.7 Å². The molecule has 0 aromatic heterocycles. The van der Waals surface area contributed by atoms with Gasteiger partial charge in [0.15, 0.2) is 0 Å². The summed E-state index contributed by atoms with van der Waals surface area (Å²) in [6.07, 6.45) is 12.9. The van der Waals surface area contributed by atoms with Crippen LogP contribution in [0.25, 0.3) is 0 Å². The van der Waals surface area contributed by atoms with Gasteiger partial charge in [-0.1, -0.05) is 133 Å². The molecule has 0 bridgehead atoms. The second kappa shape index (κ2) is 53.0. The minimum atomic E-state index is -4.48. The number of amides is 8. The first-order valence-electron chi connectivity index (χ1n) is 50.9. The summed E-state index contributed by atoms with van der Waals surface area (Å²) in [7, 11) is 1.99. The smallest absolute Gasteiger partial charge is 0.378 e. The Bertz CT molecular complexity index is 5440. The van der Waals surface area contributed by atoms with E-state index in [1.807, 2.05) is 55.6 Å². The Hall–Kier alpha value is -11.5. The lowest BCUT2D eigenvalue weighted by Gasteiger charge is -2.34. The fraction of sp³-hybridized carbons (Fsp3) is 0.500. The minimum absolute atomic E-state index is 0.0772. The molecule has 0 spiro atoms. The molecule has 776 valence electrons. The van der Waals surface area contributed by atoms with E-state index in [4.69, 9.17) is 14.2 Å². The van der Waals surface area contributed by atoms with Gasteiger partial charge in [-0.3, -0.25) is 38.4 Å². The molecule has 32 heteroatoms. The van der Waals surface area contributed by atoms with Crippen LogP contribution in [-0.2, 0) is 45.7 Å². The first-order valence-corrected chi connectivity index (χ1v) is 50.9. The average molecular weight is 2010 g/mol. The Morgan fingerprint density at radius 3 is 0.812 bits per heavy atom. The third-order valence-corrected chi connectivity index (χ3v) is 29.1. The van der Waals surface area contributed by atoms with Crippen molar-refractivity contribution in [3.63, 3.8) is 0 Å². The number of benzene rings is 8. The lowest BCUT2D eigenvalue weighted by atomic mass is 9.94. The SMILES string of the molecule is CN1CCN(C(=O)[C@H](CCCCC[C@H]2C[C@@H]2c2ccc(F)cc2)NC(=O)c2ccc(C(F)(F)F)cc2)CC1.C[C@]1(CCCCC[C@H](NC(=O)c2ccc(F)cc2)C(=O)N2CCOCC2)C[C@@H]1c1ccc(F)cc1.O=C(N[C@@H](CCCCC[C@H]1C[C@@H]1c1ccc(F)cc1)C(=O)N1CCOCC1)c1ccc(C(F)(F)F)cc1.O=C(N[C@@H](CCCCC[C@H]1C[C@@H]1c1ccc(F)cc1)C(=O)N1CCOCC1)c1ccc(F)cc1. The minimum Gasteiger partial charge on any atom is -0.378 e. The number of nitrogens with zero attached hydrogens (tertiary/aromatic N) is 5. The van der Waals surface area contributed by atoms with Gasteiger partial charge in [0.05, 0.1) is 50.8 Å². The van der Waals surface area contributed by atoms with Gasteiger partial charge in [-0.2, -0.15) is 26.3 Å². The van der Waals surface area contributed by atoms with Crippen molar-refractivity contribution in [2.75, 3.05) is 112 Å². The predicted molar refractivity (Wildman–Crippen MR) is 523 cm³/mol. The summed E-state index contributed by atoms with van der Waals surface area (Å²) in [4.78, 5) is 113. The van der Waals surface area contributed by atoms with Crippen LogP contribution in [0.2, 0.25) is 0 Å². The Morgan fingerprint density at radius 1 is 0.312 bits per heavy atom. The maximum absolute atomic E-state index is 13.3. The van der Waals surface area contributed by atoms with E-state index in [0.29, 0.717) is 170 Å². The molecule has 12 atom stereocenters. The van der Waals surface area contributed by atoms with E-state index in [0.717, 1.165) is 190 Å². The van der Waals surface area contributed by atoms with Crippen molar-refractivity contribution in [3.05, 3.63) is 285 Å². The van der Waals surface area contributed by atoms with Crippen molar-refractivity contribution >= 4 is 47.3 Å². The molecule has 0 radical (unpaired) electrons. The molecule has 4 aliphatic heterocycles. The number of alkyl halides is 6. The van der Waals surface area contributed by atoms with Gasteiger partial charge in [-0.05, 0) is 299 Å². The van der Waals surface area contributed by atoms with Gasteiger partial charge in [-0.15, -0.1) is 0 Å². The van der Waals surface area contributed by atoms with E-state index in [-0.39, 0.29) is 75.3 Å². The van der Waals surface area contributed by atoms with Crippen LogP contribution in [0.4, 0.5) is 52.7 Å². The van der Waals surface area contributed by atoms with Crippen LogP contribution in [0.5, 0.6) is 0 Å². The number of halogens is 12. The molecule has 4 saturated heterocycles. The third-order valence-electron chi connectivity index (χ3n) is 29.1. The number of unbranched alkanes of at least 4 members (excludes halogenated alkanes) is 8. The third kappa shape index (κ3) is 33.8. The highest BCUT2D eigenvalue weighted by molar-refractivity contribution is 6.00. The number of morpholine rings is 3. The zero-order chi connectivity index (χ0) is 102. The molecule has 8 aromatic carbocycles. The lowest BCUT2D eigenvalue weighted by Crippen LogP contribution is -2.54. The average Bonchev–Trinajstić information content (AvgIpc) is 1.59. The summed E-state index contributed by atoms with van der Waals surface area (Å²) in [5, 5.41) is 11.3. The molecule has 4 heterocycles. The maximum atomic E-state index is 13.3. The lowest BCUT2D eigenvalue weighted by molar-refractivity contribution is -0.138. The fourth-order valence-electron chi connectivity index (χ4n) is 19.9. The number of nitrogens with one attached hydrogen (secondary N) is 4. The molecule has 144 heavy (non-hydrogen) atoms. The summed E-state index contributed by atoms with van der Waals surface area (Å²) in [5.41, 5.74) is 4.20. The van der Waals surface area contributed by atoms with Crippen LogP contribution >= 0.6 is 0 Å². The molecule has 16 rings (SSSR count). The summed E-state index contributed by atoms with van der Waals surface area (Å²) in [6, 6.07) is 43.0. The van der Waals surface area contributed by atoms with E-state index in [9.17, 15) is 91.0 Å². The highest BCUT2D eigenvalue weighted by Gasteiger charge is 2.50. The van der Waals surface area contributed by atoms with Crippen LogP contribution in [0.1, 0.15) is 260 Å². The van der Waals surface area contributed by atoms with Gasteiger partial charge < -0.3 is 60.0 Å². The number of ether oxygens (including phenoxy) is 3. The number of piperazine rings is 1. The van der Waals surface area contributed by atoms with Crippen LogP contribution in [-0.4, -0.2) is 208 Å². The normalized spacial score (nSPS) is 21.0. The quantitative estimate of drug-likeness (QED) is 0.0208. The topological polar surface area (TPSA) is 229 Å². The van der Waals surface area contributed by atoms with E-state index in [2.05, 4.69) is 33.1 Å². The van der Waals surface area contributed by atoms with Crippen molar-refractivity contribution in [1.82, 2.24) is 45.8 Å². The Morgan fingerprint density at radius 2 is 0.549 bits per heavy atom. The standard InChI is InChI=1S/C29H35F4N3O2.C28H32F4N2O3.C28H34F2N2O3.C27H32F2N2O3/c1-35-15-17-36(18-16-35)28(38)26(34-27(37)21-7-11-23(12-8-21)29(31,32)33)6-4-2-3-5-22-19-25(22)20-9-13-24(30)14-10-20;29-23-12-8-19(9-13-23)24-18-21(24)4-2-1-3-5-25(27(36)34-14-16-37-17-15-34)33-26(35)20-6-10-22(11-7-20)28(30,31)32;1-28(19-24(28)20-6-10-22(29)11-7-20)14-4-2-3-5-25(27(34)32-15-17-35-18-16-32)31-26(33)21-8-12-23(30)13-9-21;28-22-10-6-19(7-11-22)24-18-21(24)4-2-1-3-5-25(27(33)31-14-16-34-17-15-31)30-26(32)20-8-12-23(29)13-9-20/h7-14,22,25-26H,2-6,15-19H2,1H3,(H,34,37);6-13,21,24-25H,1-5,14-18H2,(H,33,35);6-13,24-25H,2-5,14-19H2,1H3,(H,31,33);6-13,21,24-25H,1-5,14-18H2,(H,30,32)/t22-,25+,26-;21-,24+,25-;24-,25+,28+;21-,24+,25-/m0010/s1. The van der Waals surface area contributed by atoms with Crippen molar-refractivity contribution < 1.29 is 105 Å². The highest BCUT2D eigenvalue weighted by atomic mass is 19.4. The molecule has 8 fully saturated rings. The Kier molecular flexibility index (Phi) is 40.4. The molecule has 8 amide bonds. The first-order chi connectivity index (χ1) is 69.2. The Balaban J connectivity index is 0.000000161. The summed E-state index contributed by atoms with van der Waals surface area (Å²) >= 11 is 0. The number of rotatable bonds is 40. The van der Waals surface area contributed by atoms with Gasteiger partial charge in [-0.25, -0.2) is 26.3 Å². The molecule has 20 nitrogen and oxygen atoms in total. The van der Waals surface area contributed by atoms with Crippen LogP contribution in [0, 0.1) is 58.1 Å². The monoisotopic (exact) mass is 2010 g/mol. The van der Waals surface area contributed by atoms with Gasteiger partial charge in [0.25, 0.3) is 23.6 Å². The summed E-state index contributed by atoms with van der Waals surface area (Å²) in [6.45, 7) is 10.8. The number of hydrogen-bond acceptors (Lipinski definition) is 12. The Labute approximate surface area is 835 Å². The zero-order valence-electron chi connectivity index (χ0n) is 81.9. The van der Waals surface area contributed by atoms with E-state index < -0.39 is 71.1 Å². The number of likely N-dealkylation sites (N-methyl/N-ethyl adjacent to an activating group) is 1. The molecule has 4 N–H and O–H groups in total. The molecule has 0 unspecified atom stereocenters. The van der Waals surface area contributed by atoms with Crippen LogP contribution in [0.3, 0.4) is 0 Å². The summed E-state index contributed by atoms with van der Waals surface area (Å²) in [5.74, 6) is -0.212. The van der Waals surface area contributed by atoms with Gasteiger partial charge >= 0.3 is 12.4 Å². The molecule has 4 aliphatic carbocycles. The molecule has 4 saturated carbocycles. The second-order valence-electron chi connectivity index (χ2n) is 39.6. The van der Waals surface area contributed by atoms with E-state index in [1.54, 1.807) is 19.6 Å². The van der Waals surface area contributed by atoms with Gasteiger partial charge in [0.2, 0.25) is 23.6 Å². The molecule has 8 aliphatic rings. The van der Waals surface area contributed by atoms with E-state index in [1.165, 1.54) is 119 Å². The zero-order valence-corrected chi connectivity index (χ0v) is 81.9. The second-order valence-corrected chi connectivity index (χ2v) is 39.6. The van der Waals surface area contributed by atoms with E-state index >= 15 is 0 Å². The largest absolute Gasteiger partial charge is 0.416 e. The predicted octanol–water partition coefficient (Wildman–Crippen LogP) is 20.8. The van der Waals surface area contributed by atoms with Gasteiger partial charge in [0.1, 0.15) is 59.1 Å². The maximum Gasteiger partial charge on any atom is 0.416 e. The number of carbonyl (C=O) groups excluding carboxylic acids is 8. The number of hydrogen-bond donors (Lipinski definition) is 4. The van der Waals surface area contributed by atoms with Crippen LogP contribution in [0.15, 0.2) is 194 Å². The summed E-state index contributed by atoms with van der Waals surface area (Å²) < 4.78 is 172. The van der Waals surface area contributed by atoms with Crippen molar-refractivity contribution in [3.8, 4) is 0 Å². The van der Waals surface area contributed by atoms with Crippen LogP contribution < -0.4 is 21.3 Å². The van der Waals surface area contributed by atoms with Crippen molar-refractivity contribution in [1.29, 1.82) is 0 Å². The number of carbonyl (C=O) groups is 8.